The second-order valence-electron chi connectivity index (χ2n) is 6.14. The first-order valence-corrected chi connectivity index (χ1v) is 8.06. The van der Waals surface area contributed by atoms with Gasteiger partial charge in [-0.25, -0.2) is 9.78 Å². The summed E-state index contributed by atoms with van der Waals surface area (Å²) < 4.78 is 5.19. The number of aromatic nitrogens is 1. The molecule has 0 fully saturated rings. The van der Waals surface area contributed by atoms with Gasteiger partial charge in [-0.2, -0.15) is 5.26 Å². The minimum atomic E-state index is -0.605. The highest BCUT2D eigenvalue weighted by Crippen LogP contribution is 2.27. The summed E-state index contributed by atoms with van der Waals surface area (Å²) in [7, 11) is 0. The zero-order valence-corrected chi connectivity index (χ0v) is 13.6. The molecule has 1 N–H and O–H groups in total. The molecule has 0 spiro atoms. The molecule has 24 heavy (non-hydrogen) atoms. The highest BCUT2D eigenvalue weighted by atomic mass is 16.5. The van der Waals surface area contributed by atoms with Gasteiger partial charge in [-0.15, -0.1) is 0 Å². The predicted molar refractivity (Wildman–Crippen MR) is 90.4 cm³/mol. The molecule has 3 rings (SSSR count). The summed E-state index contributed by atoms with van der Waals surface area (Å²) in [6, 6.07) is 13.4. The number of pyridine rings is 1. The summed E-state index contributed by atoms with van der Waals surface area (Å²) in [5, 5.41) is 11.9. The van der Waals surface area contributed by atoms with Crippen LogP contribution in [0, 0.1) is 17.2 Å². The molecule has 1 unspecified atom stereocenters. The standard InChI is InChI=1S/C19H19N3O2/c1-13-7-8-17-15(9-13)10-16(11-20)18(21-17)22-19(23)24-12-14-5-3-2-4-6-14/h2-6,10,13H,7-9,12H2,1H3,(H,21,22,23). The normalized spacial score (nSPS) is 15.9. The maximum absolute atomic E-state index is 12.0. The predicted octanol–water partition coefficient (Wildman–Crippen LogP) is 3.83. The molecule has 1 aromatic carbocycles. The fourth-order valence-corrected chi connectivity index (χ4v) is 2.88. The Bertz CT molecular complexity index is 781. The summed E-state index contributed by atoms with van der Waals surface area (Å²) in [5.74, 6) is 0.879. The molecular formula is C19H19N3O2. The molecule has 122 valence electrons. The fourth-order valence-electron chi connectivity index (χ4n) is 2.88. The van der Waals surface area contributed by atoms with Crippen LogP contribution < -0.4 is 5.32 Å². The molecule has 5 nitrogen and oxygen atoms in total. The number of carbonyl (C=O) groups is 1. The van der Waals surface area contributed by atoms with Gasteiger partial charge in [0.25, 0.3) is 0 Å². The summed E-state index contributed by atoms with van der Waals surface area (Å²) in [6.07, 6.45) is 2.27. The van der Waals surface area contributed by atoms with Crippen LogP contribution in [0.2, 0.25) is 0 Å². The molecule has 1 aliphatic carbocycles. The lowest BCUT2D eigenvalue weighted by molar-refractivity contribution is 0.155. The van der Waals surface area contributed by atoms with Gasteiger partial charge in [0.2, 0.25) is 0 Å². The van der Waals surface area contributed by atoms with E-state index in [0.717, 1.165) is 36.1 Å². The number of rotatable bonds is 3. The Morgan fingerprint density at radius 3 is 2.96 bits per heavy atom. The van der Waals surface area contributed by atoms with E-state index in [0.29, 0.717) is 11.5 Å². The van der Waals surface area contributed by atoms with Gasteiger partial charge in [0.1, 0.15) is 12.7 Å². The number of hydrogen-bond donors (Lipinski definition) is 1. The van der Waals surface area contributed by atoms with E-state index >= 15 is 0 Å². The lowest BCUT2D eigenvalue weighted by Crippen LogP contribution is -2.19. The van der Waals surface area contributed by atoms with Gasteiger partial charge < -0.3 is 4.74 Å². The van der Waals surface area contributed by atoms with Gasteiger partial charge in [-0.3, -0.25) is 5.32 Å². The minimum absolute atomic E-state index is 0.178. The monoisotopic (exact) mass is 321 g/mol. The maximum Gasteiger partial charge on any atom is 0.413 e. The van der Waals surface area contributed by atoms with Crippen molar-refractivity contribution in [2.24, 2.45) is 5.92 Å². The molecule has 0 saturated carbocycles. The zero-order chi connectivity index (χ0) is 16.9. The molecule has 0 bridgehead atoms. The highest BCUT2D eigenvalue weighted by Gasteiger charge is 2.20. The lowest BCUT2D eigenvalue weighted by Gasteiger charge is -2.21. The molecule has 0 radical (unpaired) electrons. The number of hydrogen-bond acceptors (Lipinski definition) is 4. The van der Waals surface area contributed by atoms with Gasteiger partial charge >= 0.3 is 6.09 Å². The number of nitrogens with zero attached hydrogens (tertiary/aromatic N) is 2. The van der Waals surface area contributed by atoms with Crippen LogP contribution in [-0.2, 0) is 24.2 Å². The van der Waals surface area contributed by atoms with E-state index in [-0.39, 0.29) is 12.4 Å². The lowest BCUT2D eigenvalue weighted by atomic mass is 9.87. The third-order valence-corrected chi connectivity index (χ3v) is 4.19. The number of nitrogens with one attached hydrogen (secondary N) is 1. The second kappa shape index (κ2) is 7.14. The number of aryl methyl sites for hydroxylation is 1. The van der Waals surface area contributed by atoms with Crippen molar-refractivity contribution in [1.82, 2.24) is 4.98 Å². The van der Waals surface area contributed by atoms with Gasteiger partial charge in [0, 0.05) is 5.69 Å². The van der Waals surface area contributed by atoms with Crippen molar-refractivity contribution < 1.29 is 9.53 Å². The van der Waals surface area contributed by atoms with Crippen LogP contribution in [0.5, 0.6) is 0 Å². The Balaban J connectivity index is 1.70. The molecule has 1 amide bonds. The first-order chi connectivity index (χ1) is 11.7. The van der Waals surface area contributed by atoms with E-state index in [2.05, 4.69) is 23.3 Å². The van der Waals surface area contributed by atoms with Crippen LogP contribution >= 0.6 is 0 Å². The third-order valence-electron chi connectivity index (χ3n) is 4.19. The number of anilines is 1. The first-order valence-electron chi connectivity index (χ1n) is 8.06. The number of carbonyl (C=O) groups excluding carboxylic acids is 1. The average Bonchev–Trinajstić information content (AvgIpc) is 2.60. The molecule has 0 saturated heterocycles. The Hall–Kier alpha value is -2.87. The number of ether oxygens (including phenoxy) is 1. The molecule has 1 aliphatic rings. The van der Waals surface area contributed by atoms with Gasteiger partial charge in [-0.1, -0.05) is 37.3 Å². The molecule has 5 heteroatoms. The Morgan fingerprint density at radius 1 is 1.42 bits per heavy atom. The quantitative estimate of drug-likeness (QED) is 0.932. The summed E-state index contributed by atoms with van der Waals surface area (Å²) >= 11 is 0. The number of benzene rings is 1. The molecule has 1 heterocycles. The van der Waals surface area contributed by atoms with Gasteiger partial charge in [0.15, 0.2) is 5.82 Å². The van der Waals surface area contributed by atoms with E-state index in [9.17, 15) is 10.1 Å². The summed E-state index contributed by atoms with van der Waals surface area (Å²) in [6.45, 7) is 2.37. The minimum Gasteiger partial charge on any atom is -0.444 e. The van der Waals surface area contributed by atoms with Crippen LogP contribution in [0.15, 0.2) is 36.4 Å². The Labute approximate surface area is 141 Å². The van der Waals surface area contributed by atoms with Crippen molar-refractivity contribution in [3.63, 3.8) is 0 Å². The van der Waals surface area contributed by atoms with Crippen molar-refractivity contribution in [2.45, 2.75) is 32.8 Å². The smallest absolute Gasteiger partial charge is 0.413 e. The van der Waals surface area contributed by atoms with E-state index in [1.165, 1.54) is 0 Å². The van der Waals surface area contributed by atoms with E-state index in [1.54, 1.807) is 0 Å². The van der Waals surface area contributed by atoms with Crippen LogP contribution in [0.4, 0.5) is 10.6 Å². The number of fused-ring (bicyclic) bond motifs is 1. The Kier molecular flexibility index (Phi) is 4.76. The van der Waals surface area contributed by atoms with Crippen molar-refractivity contribution in [3.05, 3.63) is 58.8 Å². The summed E-state index contributed by atoms with van der Waals surface area (Å²) in [5.41, 5.74) is 3.35. The molecular weight excluding hydrogens is 302 g/mol. The summed E-state index contributed by atoms with van der Waals surface area (Å²) in [4.78, 5) is 16.5. The number of amides is 1. The third kappa shape index (κ3) is 3.72. The first kappa shape index (κ1) is 16.0. The van der Waals surface area contributed by atoms with Crippen molar-refractivity contribution in [3.8, 4) is 6.07 Å². The fraction of sp³-hybridized carbons (Fsp3) is 0.316. The molecule has 1 atom stereocenters. The van der Waals surface area contributed by atoms with Crippen LogP contribution in [-0.4, -0.2) is 11.1 Å². The largest absolute Gasteiger partial charge is 0.444 e. The van der Waals surface area contributed by atoms with Gasteiger partial charge in [-0.05, 0) is 42.4 Å². The number of nitriles is 1. The van der Waals surface area contributed by atoms with Crippen LogP contribution in [0.25, 0.3) is 0 Å². The van der Waals surface area contributed by atoms with Crippen LogP contribution in [0.1, 0.15) is 35.7 Å². The van der Waals surface area contributed by atoms with Gasteiger partial charge in [0.05, 0.1) is 5.56 Å². The van der Waals surface area contributed by atoms with Crippen molar-refractivity contribution in [1.29, 1.82) is 5.26 Å². The molecule has 2 aromatic rings. The SMILES string of the molecule is CC1CCc2nc(NC(=O)OCc3ccccc3)c(C#N)cc2C1. The van der Waals surface area contributed by atoms with Crippen LogP contribution in [0.3, 0.4) is 0 Å². The highest BCUT2D eigenvalue weighted by molar-refractivity contribution is 5.85. The second-order valence-corrected chi connectivity index (χ2v) is 6.14. The van der Waals surface area contributed by atoms with E-state index in [1.807, 2.05) is 36.4 Å². The zero-order valence-electron chi connectivity index (χ0n) is 13.6. The topological polar surface area (TPSA) is 75.0 Å². The van der Waals surface area contributed by atoms with Crippen molar-refractivity contribution in [2.75, 3.05) is 5.32 Å². The Morgan fingerprint density at radius 2 is 2.21 bits per heavy atom. The van der Waals surface area contributed by atoms with E-state index in [4.69, 9.17) is 4.74 Å². The van der Waals surface area contributed by atoms with Crippen molar-refractivity contribution >= 4 is 11.9 Å². The molecule has 1 aromatic heterocycles. The molecule has 0 aliphatic heterocycles. The maximum atomic E-state index is 12.0. The van der Waals surface area contributed by atoms with E-state index < -0.39 is 6.09 Å². The average molecular weight is 321 g/mol.